The Balaban J connectivity index is 1.68. The third kappa shape index (κ3) is 6.39. The van der Waals surface area contributed by atoms with Gasteiger partial charge in [0.15, 0.2) is 5.13 Å². The maximum atomic E-state index is 13.3. The summed E-state index contributed by atoms with van der Waals surface area (Å²) in [6.45, 7) is 2.27. The molecule has 1 aliphatic rings. The summed E-state index contributed by atoms with van der Waals surface area (Å²) in [5.74, 6) is -0.235. The molecular formula is C23H31N3O2S. The first-order valence-corrected chi connectivity index (χ1v) is 11.6. The van der Waals surface area contributed by atoms with Crippen LogP contribution in [0, 0.1) is 0 Å². The van der Waals surface area contributed by atoms with E-state index in [2.05, 4.69) is 29.4 Å². The van der Waals surface area contributed by atoms with Crippen LogP contribution < -0.4 is 5.32 Å². The van der Waals surface area contributed by atoms with Crippen molar-refractivity contribution in [3.05, 3.63) is 47.0 Å². The van der Waals surface area contributed by atoms with Gasteiger partial charge in [0.2, 0.25) is 5.91 Å². The number of benzene rings is 1. The molecule has 29 heavy (non-hydrogen) atoms. The van der Waals surface area contributed by atoms with Crippen molar-refractivity contribution >= 4 is 28.3 Å². The molecule has 1 N–H and O–H groups in total. The Morgan fingerprint density at radius 2 is 1.90 bits per heavy atom. The van der Waals surface area contributed by atoms with Crippen LogP contribution in [0.2, 0.25) is 0 Å². The van der Waals surface area contributed by atoms with Gasteiger partial charge in [0.25, 0.3) is 5.91 Å². The van der Waals surface area contributed by atoms with E-state index >= 15 is 0 Å². The Bertz CT molecular complexity index is 768. The summed E-state index contributed by atoms with van der Waals surface area (Å²) in [6, 6.07) is 8.06. The van der Waals surface area contributed by atoms with Gasteiger partial charge in [-0.1, -0.05) is 51.2 Å². The standard InChI is InChI=1S/C23H31N3O2S/c1-2-3-5-8-18-11-13-19(14-12-18)22(28)26(20-9-6-4-7-10-20)17-21(27)25-23-24-15-16-29-23/h11-16,20H,2-10,17H2,1H3,(H,24,25,27). The molecule has 0 spiro atoms. The molecular weight excluding hydrogens is 382 g/mol. The molecule has 6 heteroatoms. The molecule has 5 nitrogen and oxygen atoms in total. The highest BCUT2D eigenvalue weighted by atomic mass is 32.1. The Morgan fingerprint density at radius 1 is 1.14 bits per heavy atom. The second-order valence-electron chi connectivity index (χ2n) is 7.76. The average Bonchev–Trinajstić information content (AvgIpc) is 3.26. The molecule has 1 aromatic carbocycles. The summed E-state index contributed by atoms with van der Waals surface area (Å²) >= 11 is 1.38. The molecule has 1 heterocycles. The molecule has 0 bridgehead atoms. The molecule has 3 rings (SSSR count). The quantitative estimate of drug-likeness (QED) is 0.568. The number of carbonyl (C=O) groups excluding carboxylic acids is 2. The van der Waals surface area contributed by atoms with Crippen LogP contribution >= 0.6 is 11.3 Å². The zero-order chi connectivity index (χ0) is 20.5. The minimum atomic E-state index is -0.185. The van der Waals surface area contributed by atoms with Gasteiger partial charge in [-0.2, -0.15) is 0 Å². The lowest BCUT2D eigenvalue weighted by molar-refractivity contribution is -0.117. The minimum Gasteiger partial charge on any atom is -0.326 e. The smallest absolute Gasteiger partial charge is 0.254 e. The molecule has 1 fully saturated rings. The van der Waals surface area contributed by atoms with Gasteiger partial charge in [-0.15, -0.1) is 11.3 Å². The number of hydrogen-bond acceptors (Lipinski definition) is 4. The fourth-order valence-corrected chi connectivity index (χ4v) is 4.46. The van der Waals surface area contributed by atoms with Crippen LogP contribution in [-0.4, -0.2) is 34.3 Å². The maximum absolute atomic E-state index is 13.3. The van der Waals surface area contributed by atoms with E-state index in [1.54, 1.807) is 11.1 Å². The van der Waals surface area contributed by atoms with Gasteiger partial charge in [0.05, 0.1) is 0 Å². The first-order valence-electron chi connectivity index (χ1n) is 10.8. The molecule has 2 amide bonds. The van der Waals surface area contributed by atoms with Crippen molar-refractivity contribution in [1.29, 1.82) is 0 Å². The van der Waals surface area contributed by atoms with Crippen LogP contribution in [0.3, 0.4) is 0 Å². The zero-order valence-corrected chi connectivity index (χ0v) is 18.0. The van der Waals surface area contributed by atoms with Crippen LogP contribution in [0.15, 0.2) is 35.8 Å². The van der Waals surface area contributed by atoms with Gasteiger partial charge in [-0.05, 0) is 43.4 Å². The van der Waals surface area contributed by atoms with E-state index in [4.69, 9.17) is 0 Å². The predicted octanol–water partition coefficient (Wildman–Crippen LogP) is 5.29. The third-order valence-corrected chi connectivity index (χ3v) is 6.23. The minimum absolute atomic E-state index is 0.0497. The molecule has 0 saturated heterocycles. The average molecular weight is 414 g/mol. The summed E-state index contributed by atoms with van der Waals surface area (Å²) in [4.78, 5) is 31.7. The van der Waals surface area contributed by atoms with E-state index in [1.165, 1.54) is 42.6 Å². The highest BCUT2D eigenvalue weighted by molar-refractivity contribution is 7.13. The van der Waals surface area contributed by atoms with Gasteiger partial charge in [0, 0.05) is 23.2 Å². The van der Waals surface area contributed by atoms with Crippen molar-refractivity contribution in [2.45, 2.75) is 70.8 Å². The molecule has 0 aliphatic heterocycles. The number of aromatic nitrogens is 1. The van der Waals surface area contributed by atoms with E-state index in [1.807, 2.05) is 17.5 Å². The van der Waals surface area contributed by atoms with Crippen LogP contribution in [-0.2, 0) is 11.2 Å². The summed E-state index contributed by atoms with van der Waals surface area (Å²) in [6.07, 6.45) is 11.7. The monoisotopic (exact) mass is 413 g/mol. The number of aryl methyl sites for hydroxylation is 1. The lowest BCUT2D eigenvalue weighted by atomic mass is 9.93. The first-order chi connectivity index (χ1) is 14.2. The van der Waals surface area contributed by atoms with Gasteiger partial charge < -0.3 is 10.2 Å². The molecule has 2 aromatic rings. The first kappa shape index (κ1) is 21.5. The van der Waals surface area contributed by atoms with E-state index < -0.39 is 0 Å². The van der Waals surface area contributed by atoms with Crippen molar-refractivity contribution < 1.29 is 9.59 Å². The SMILES string of the molecule is CCCCCc1ccc(C(=O)N(CC(=O)Nc2nccs2)C2CCCCC2)cc1. The summed E-state index contributed by atoms with van der Waals surface area (Å²) in [5, 5.41) is 5.20. The third-order valence-electron chi connectivity index (χ3n) is 5.54. The Morgan fingerprint density at radius 3 is 2.55 bits per heavy atom. The largest absolute Gasteiger partial charge is 0.326 e. The number of rotatable bonds is 9. The number of nitrogens with zero attached hydrogens (tertiary/aromatic N) is 2. The van der Waals surface area contributed by atoms with Crippen molar-refractivity contribution in [2.75, 3.05) is 11.9 Å². The van der Waals surface area contributed by atoms with E-state index in [9.17, 15) is 9.59 Å². The Labute approximate surface area is 177 Å². The number of unbranched alkanes of at least 4 members (excludes halogenated alkanes) is 2. The van der Waals surface area contributed by atoms with E-state index in [0.29, 0.717) is 10.7 Å². The summed E-state index contributed by atoms with van der Waals surface area (Å²) in [5.41, 5.74) is 1.93. The molecule has 1 aliphatic carbocycles. The number of thiazole rings is 1. The highest BCUT2D eigenvalue weighted by Gasteiger charge is 2.28. The molecule has 0 unspecified atom stereocenters. The molecule has 0 radical (unpaired) electrons. The molecule has 0 atom stereocenters. The van der Waals surface area contributed by atoms with Crippen LogP contribution in [0.4, 0.5) is 5.13 Å². The van der Waals surface area contributed by atoms with Gasteiger partial charge >= 0.3 is 0 Å². The number of anilines is 1. The topological polar surface area (TPSA) is 62.3 Å². The summed E-state index contributed by atoms with van der Waals surface area (Å²) in [7, 11) is 0. The molecule has 1 saturated carbocycles. The van der Waals surface area contributed by atoms with Crippen molar-refractivity contribution in [3.63, 3.8) is 0 Å². The fourth-order valence-electron chi connectivity index (χ4n) is 3.92. The zero-order valence-electron chi connectivity index (χ0n) is 17.2. The van der Waals surface area contributed by atoms with E-state index in [0.717, 1.165) is 32.1 Å². The predicted molar refractivity (Wildman–Crippen MR) is 118 cm³/mol. The Hall–Kier alpha value is -2.21. The second kappa shape index (κ2) is 11.1. The Kier molecular flexibility index (Phi) is 8.23. The van der Waals surface area contributed by atoms with Crippen molar-refractivity contribution in [2.24, 2.45) is 0 Å². The second-order valence-corrected chi connectivity index (χ2v) is 8.66. The highest BCUT2D eigenvalue weighted by Crippen LogP contribution is 2.24. The van der Waals surface area contributed by atoms with Gasteiger partial charge in [0.1, 0.15) is 6.54 Å². The molecule has 156 valence electrons. The molecule has 1 aromatic heterocycles. The van der Waals surface area contributed by atoms with Crippen LogP contribution in [0.5, 0.6) is 0 Å². The lowest BCUT2D eigenvalue weighted by Gasteiger charge is -2.34. The van der Waals surface area contributed by atoms with E-state index in [-0.39, 0.29) is 24.4 Å². The number of nitrogens with one attached hydrogen (secondary N) is 1. The number of hydrogen-bond donors (Lipinski definition) is 1. The van der Waals surface area contributed by atoms with Crippen LogP contribution in [0.25, 0.3) is 0 Å². The summed E-state index contributed by atoms with van der Waals surface area (Å²) < 4.78 is 0. The lowest BCUT2D eigenvalue weighted by Crippen LogP contribution is -2.45. The fraction of sp³-hybridized carbons (Fsp3) is 0.522. The van der Waals surface area contributed by atoms with Crippen LogP contribution in [0.1, 0.15) is 74.2 Å². The van der Waals surface area contributed by atoms with Gasteiger partial charge in [-0.25, -0.2) is 4.98 Å². The van der Waals surface area contributed by atoms with Gasteiger partial charge in [-0.3, -0.25) is 9.59 Å². The van der Waals surface area contributed by atoms with Crippen molar-refractivity contribution in [3.8, 4) is 0 Å². The van der Waals surface area contributed by atoms with Crippen molar-refractivity contribution in [1.82, 2.24) is 9.88 Å². The number of amides is 2. The number of carbonyl (C=O) groups is 2. The maximum Gasteiger partial charge on any atom is 0.254 e. The normalized spacial score (nSPS) is 14.5.